The van der Waals surface area contributed by atoms with Crippen molar-refractivity contribution in [2.75, 3.05) is 12.3 Å². The van der Waals surface area contributed by atoms with Crippen LogP contribution in [0.5, 0.6) is 0 Å². The van der Waals surface area contributed by atoms with Gasteiger partial charge in [-0.3, -0.25) is 9.59 Å². The fourth-order valence-electron chi connectivity index (χ4n) is 2.15. The van der Waals surface area contributed by atoms with E-state index in [1.807, 2.05) is 31.2 Å². The van der Waals surface area contributed by atoms with Crippen LogP contribution in [0, 0.1) is 0 Å². The van der Waals surface area contributed by atoms with Gasteiger partial charge in [-0.15, -0.1) is 0 Å². The third-order valence-electron chi connectivity index (χ3n) is 3.34. The summed E-state index contributed by atoms with van der Waals surface area (Å²) in [4.78, 5) is 21.4. The van der Waals surface area contributed by atoms with E-state index in [9.17, 15) is 14.2 Å². The molecule has 0 amide bonds. The highest BCUT2D eigenvalue weighted by atomic mass is 31.2. The topological polar surface area (TPSA) is 91.7 Å². The van der Waals surface area contributed by atoms with E-state index in [4.69, 9.17) is 10.2 Å². The molecule has 0 saturated carbocycles. The summed E-state index contributed by atoms with van der Waals surface area (Å²) in [5, 5.41) is 17.5. The summed E-state index contributed by atoms with van der Waals surface area (Å²) in [5.74, 6) is -2.01. The first-order chi connectivity index (χ1) is 9.84. The molecule has 0 aliphatic carbocycles. The van der Waals surface area contributed by atoms with Crippen molar-refractivity contribution in [3.05, 3.63) is 35.4 Å². The maximum atomic E-state index is 12.9. The number of carboxylic acid groups (broad SMARTS) is 2. The highest BCUT2D eigenvalue weighted by Crippen LogP contribution is 2.50. The third-order valence-corrected chi connectivity index (χ3v) is 6.36. The van der Waals surface area contributed by atoms with E-state index in [2.05, 4.69) is 0 Å². The molecule has 6 heteroatoms. The fraction of sp³-hybridized carbons (Fsp3) is 0.467. The third kappa shape index (κ3) is 6.58. The van der Waals surface area contributed by atoms with E-state index >= 15 is 0 Å². The smallest absolute Gasteiger partial charge is 0.303 e. The van der Waals surface area contributed by atoms with Crippen molar-refractivity contribution < 1.29 is 24.4 Å². The Bertz CT molecular complexity index is 531. The van der Waals surface area contributed by atoms with Gasteiger partial charge >= 0.3 is 11.9 Å². The highest BCUT2D eigenvalue weighted by molar-refractivity contribution is 7.63. The van der Waals surface area contributed by atoms with Crippen molar-refractivity contribution in [2.45, 2.75) is 32.3 Å². The Labute approximate surface area is 124 Å². The molecule has 0 aliphatic rings. The second-order valence-electron chi connectivity index (χ2n) is 5.12. The molecule has 0 aromatic heterocycles. The van der Waals surface area contributed by atoms with Gasteiger partial charge in [0.05, 0.1) is 20.0 Å². The fourth-order valence-corrected chi connectivity index (χ4v) is 4.75. The van der Waals surface area contributed by atoms with Gasteiger partial charge in [-0.25, -0.2) is 0 Å². The Morgan fingerprint density at radius 1 is 1.05 bits per heavy atom. The van der Waals surface area contributed by atoms with Gasteiger partial charge in [-0.2, -0.15) is 0 Å². The quantitative estimate of drug-likeness (QED) is 0.684. The minimum atomic E-state index is -2.84. The zero-order valence-corrected chi connectivity index (χ0v) is 13.0. The zero-order valence-electron chi connectivity index (χ0n) is 12.1. The molecule has 116 valence electrons. The molecule has 0 radical (unpaired) electrons. The molecule has 1 aromatic carbocycles. The Morgan fingerprint density at radius 3 is 2.05 bits per heavy atom. The number of aryl methyl sites for hydroxylation is 1. The zero-order chi connectivity index (χ0) is 15.9. The Hall–Kier alpha value is -1.61. The maximum absolute atomic E-state index is 12.9. The number of hydrogen-bond acceptors (Lipinski definition) is 3. The Balaban J connectivity index is 2.86. The van der Waals surface area contributed by atoms with Crippen LogP contribution in [0.15, 0.2) is 24.3 Å². The van der Waals surface area contributed by atoms with Crippen molar-refractivity contribution in [1.29, 1.82) is 0 Å². The van der Waals surface area contributed by atoms with Gasteiger partial charge in [-0.1, -0.05) is 31.2 Å². The standard InChI is InChI=1S/C15H21O5P/c1-2-12-4-3-5-13(10-12)11-21(20,8-6-14(16)17)9-7-15(18)19/h3-5,10H,2,6-9,11H2,1H3,(H,16,17)(H,18,19). The van der Waals surface area contributed by atoms with Crippen LogP contribution in [-0.4, -0.2) is 34.5 Å². The molecule has 1 rings (SSSR count). The average Bonchev–Trinajstić information content (AvgIpc) is 2.43. The summed E-state index contributed by atoms with van der Waals surface area (Å²) >= 11 is 0. The van der Waals surface area contributed by atoms with Crippen molar-refractivity contribution in [1.82, 2.24) is 0 Å². The lowest BCUT2D eigenvalue weighted by Gasteiger charge is -2.17. The molecule has 21 heavy (non-hydrogen) atoms. The van der Waals surface area contributed by atoms with Gasteiger partial charge < -0.3 is 14.8 Å². The second kappa shape index (κ2) is 7.99. The average molecular weight is 312 g/mol. The summed E-state index contributed by atoms with van der Waals surface area (Å²) in [6.07, 6.45) is 0.844. The number of hydrogen-bond donors (Lipinski definition) is 2. The second-order valence-corrected chi connectivity index (χ2v) is 8.45. The van der Waals surface area contributed by atoms with Gasteiger partial charge in [-0.05, 0) is 17.5 Å². The number of rotatable bonds is 9. The first-order valence-corrected chi connectivity index (χ1v) is 9.19. The van der Waals surface area contributed by atoms with Gasteiger partial charge in [0.2, 0.25) is 0 Å². The number of aliphatic carboxylic acids is 2. The predicted octanol–water partition coefficient (Wildman–Crippen LogP) is 3.06. The van der Waals surface area contributed by atoms with Gasteiger partial charge in [0.25, 0.3) is 0 Å². The van der Waals surface area contributed by atoms with E-state index in [-0.39, 0.29) is 31.3 Å². The normalized spacial score (nSPS) is 11.3. The van der Waals surface area contributed by atoms with E-state index in [1.54, 1.807) is 0 Å². The molecule has 0 heterocycles. The van der Waals surface area contributed by atoms with Crippen LogP contribution < -0.4 is 0 Å². The molecular weight excluding hydrogens is 291 g/mol. The van der Waals surface area contributed by atoms with Crippen LogP contribution in [0.4, 0.5) is 0 Å². The van der Waals surface area contributed by atoms with E-state index < -0.39 is 19.1 Å². The maximum Gasteiger partial charge on any atom is 0.303 e. The lowest BCUT2D eigenvalue weighted by molar-refractivity contribution is -0.137. The molecule has 0 spiro atoms. The van der Waals surface area contributed by atoms with Crippen LogP contribution in [0.1, 0.15) is 30.9 Å². The summed E-state index contributed by atoms with van der Waals surface area (Å²) in [5.41, 5.74) is 2.00. The molecule has 1 aromatic rings. The SMILES string of the molecule is CCc1cccc(CP(=O)(CCC(=O)O)CCC(=O)O)c1. The molecule has 0 unspecified atom stereocenters. The van der Waals surface area contributed by atoms with Crippen LogP contribution in [0.25, 0.3) is 0 Å². The first kappa shape index (κ1) is 17.4. The van der Waals surface area contributed by atoms with Crippen LogP contribution in [0.2, 0.25) is 0 Å². The monoisotopic (exact) mass is 312 g/mol. The summed E-state index contributed by atoms with van der Waals surface area (Å²) in [6, 6.07) is 7.66. The summed E-state index contributed by atoms with van der Waals surface area (Å²) in [6.45, 7) is 2.02. The largest absolute Gasteiger partial charge is 0.481 e. The van der Waals surface area contributed by atoms with Crippen molar-refractivity contribution in [3.63, 3.8) is 0 Å². The van der Waals surface area contributed by atoms with Crippen LogP contribution in [-0.2, 0) is 26.7 Å². The number of carboxylic acids is 2. The predicted molar refractivity (Wildman–Crippen MR) is 81.4 cm³/mol. The minimum Gasteiger partial charge on any atom is -0.481 e. The molecule has 0 bridgehead atoms. The van der Waals surface area contributed by atoms with E-state index in [1.165, 1.54) is 0 Å². The summed E-state index contributed by atoms with van der Waals surface area (Å²) < 4.78 is 12.9. The summed E-state index contributed by atoms with van der Waals surface area (Å²) in [7, 11) is -2.84. The van der Waals surface area contributed by atoms with Crippen LogP contribution in [0.3, 0.4) is 0 Å². The first-order valence-electron chi connectivity index (χ1n) is 6.93. The van der Waals surface area contributed by atoms with Crippen molar-refractivity contribution >= 4 is 19.1 Å². The molecular formula is C15H21O5P. The molecule has 0 aliphatic heterocycles. The number of carbonyl (C=O) groups is 2. The molecule has 2 N–H and O–H groups in total. The van der Waals surface area contributed by atoms with Gasteiger partial charge in [0.1, 0.15) is 0 Å². The van der Waals surface area contributed by atoms with Crippen molar-refractivity contribution in [3.8, 4) is 0 Å². The Kier molecular flexibility index (Phi) is 6.63. The highest BCUT2D eigenvalue weighted by Gasteiger charge is 2.24. The van der Waals surface area contributed by atoms with E-state index in [0.29, 0.717) is 0 Å². The molecule has 5 nitrogen and oxygen atoms in total. The lowest BCUT2D eigenvalue weighted by Crippen LogP contribution is -2.08. The number of benzene rings is 1. The lowest BCUT2D eigenvalue weighted by atomic mass is 10.1. The van der Waals surface area contributed by atoms with E-state index in [0.717, 1.165) is 17.5 Å². The minimum absolute atomic E-state index is 0.0476. The van der Waals surface area contributed by atoms with Gasteiger partial charge in [0, 0.05) is 18.5 Å². The molecule has 0 fully saturated rings. The van der Waals surface area contributed by atoms with Gasteiger partial charge in [0.15, 0.2) is 0 Å². The van der Waals surface area contributed by atoms with Crippen LogP contribution >= 0.6 is 7.14 Å². The Morgan fingerprint density at radius 2 is 1.57 bits per heavy atom. The van der Waals surface area contributed by atoms with Crippen molar-refractivity contribution in [2.24, 2.45) is 0 Å². The molecule has 0 atom stereocenters. The molecule has 0 saturated heterocycles.